The van der Waals surface area contributed by atoms with Gasteiger partial charge in [-0.25, -0.2) is 4.99 Å². The van der Waals surface area contributed by atoms with E-state index in [0.717, 1.165) is 47.6 Å². The summed E-state index contributed by atoms with van der Waals surface area (Å²) in [5, 5.41) is 1.00. The molecule has 4 rings (SSSR count). The molecule has 0 aliphatic heterocycles. The second kappa shape index (κ2) is 14.5. The molecular formula is C34H38N2O2S. The number of nitrogens with zero attached hydrogens (tertiary/aromatic N) is 2. The van der Waals surface area contributed by atoms with E-state index in [1.54, 1.807) is 26.0 Å². The van der Waals surface area contributed by atoms with Crippen LogP contribution in [0.3, 0.4) is 0 Å². The van der Waals surface area contributed by atoms with Gasteiger partial charge in [-0.2, -0.15) is 0 Å². The lowest BCUT2D eigenvalue weighted by Crippen LogP contribution is -2.28. The van der Waals surface area contributed by atoms with Crippen LogP contribution in [-0.4, -0.2) is 24.3 Å². The van der Waals surface area contributed by atoms with Crippen LogP contribution < -0.4 is 9.47 Å². The van der Waals surface area contributed by atoms with Crippen LogP contribution in [-0.2, 0) is 18.8 Å². The van der Waals surface area contributed by atoms with Crippen LogP contribution in [0.15, 0.2) is 108 Å². The summed E-state index contributed by atoms with van der Waals surface area (Å²) in [5.74, 6) is 2.99. The average molecular weight is 539 g/mol. The Hall–Kier alpha value is -3.70. The zero-order valence-corrected chi connectivity index (χ0v) is 24.2. The molecule has 1 atom stereocenters. The second-order valence-electron chi connectivity index (χ2n) is 9.59. The number of rotatable bonds is 11. The molecule has 0 aliphatic rings. The molecule has 0 radical (unpaired) electrons. The van der Waals surface area contributed by atoms with Gasteiger partial charge in [0.1, 0.15) is 11.5 Å². The van der Waals surface area contributed by atoms with Gasteiger partial charge < -0.3 is 14.4 Å². The van der Waals surface area contributed by atoms with Crippen LogP contribution in [0.5, 0.6) is 11.5 Å². The van der Waals surface area contributed by atoms with Gasteiger partial charge in [0.15, 0.2) is 5.17 Å². The number of thioether (sulfide) groups is 1. The maximum Gasteiger partial charge on any atom is 0.165 e. The van der Waals surface area contributed by atoms with Gasteiger partial charge in [0.05, 0.1) is 19.9 Å². The average Bonchev–Trinajstić information content (AvgIpc) is 3.00. The third-order valence-electron chi connectivity index (χ3n) is 6.84. The van der Waals surface area contributed by atoms with Crippen LogP contribution in [0.2, 0.25) is 0 Å². The van der Waals surface area contributed by atoms with E-state index in [0.29, 0.717) is 5.92 Å². The van der Waals surface area contributed by atoms with Gasteiger partial charge in [-0.3, -0.25) is 0 Å². The fourth-order valence-electron chi connectivity index (χ4n) is 4.34. The summed E-state index contributed by atoms with van der Waals surface area (Å²) in [6.07, 6.45) is 1.07. The maximum atomic E-state index is 5.40. The van der Waals surface area contributed by atoms with Gasteiger partial charge in [-0.15, -0.1) is 0 Å². The van der Waals surface area contributed by atoms with E-state index in [-0.39, 0.29) is 0 Å². The van der Waals surface area contributed by atoms with Crippen LogP contribution >= 0.6 is 11.8 Å². The van der Waals surface area contributed by atoms with Crippen molar-refractivity contribution in [2.75, 3.05) is 14.2 Å². The van der Waals surface area contributed by atoms with E-state index in [1.807, 2.05) is 24.3 Å². The molecule has 202 valence electrons. The van der Waals surface area contributed by atoms with E-state index < -0.39 is 0 Å². The highest BCUT2D eigenvalue weighted by Crippen LogP contribution is 2.32. The van der Waals surface area contributed by atoms with Crippen LogP contribution in [0.4, 0.5) is 5.69 Å². The summed E-state index contributed by atoms with van der Waals surface area (Å²) in [4.78, 5) is 7.74. The lowest BCUT2D eigenvalue weighted by molar-refractivity contribution is 0.405. The molecule has 0 aliphatic carbocycles. The van der Waals surface area contributed by atoms with E-state index in [2.05, 4.69) is 97.6 Å². The van der Waals surface area contributed by atoms with E-state index >= 15 is 0 Å². The highest BCUT2D eigenvalue weighted by Gasteiger charge is 2.17. The summed E-state index contributed by atoms with van der Waals surface area (Å²) in [5.41, 5.74) is 6.00. The molecule has 39 heavy (non-hydrogen) atoms. The SMILES string of the molecule is CCC(C)c1ccccc1N=C(SCc1ccccc1)N(Cc1ccc(OC)cc1)Cc1ccc(OC)cc1. The number of benzene rings is 4. The molecular weight excluding hydrogens is 500 g/mol. The van der Waals surface area contributed by atoms with Crippen molar-refractivity contribution in [1.82, 2.24) is 4.90 Å². The third-order valence-corrected chi connectivity index (χ3v) is 7.93. The molecule has 4 aromatic rings. The molecule has 0 amide bonds. The molecule has 0 saturated heterocycles. The highest BCUT2D eigenvalue weighted by atomic mass is 32.2. The third kappa shape index (κ3) is 8.14. The first-order valence-corrected chi connectivity index (χ1v) is 14.4. The minimum Gasteiger partial charge on any atom is -0.497 e. The van der Waals surface area contributed by atoms with Gasteiger partial charge in [-0.1, -0.05) is 98.4 Å². The summed E-state index contributed by atoms with van der Waals surface area (Å²) in [7, 11) is 3.40. The standard InChI is InChI=1S/C34H38N2O2S/c1-5-26(2)32-13-9-10-14-33(32)35-34(39-25-29-11-7-6-8-12-29)36(23-27-15-19-30(37-3)20-16-27)24-28-17-21-31(38-4)22-18-28/h6-22,26H,5,23-25H2,1-4H3. The van der Waals surface area contributed by atoms with Gasteiger partial charge >= 0.3 is 0 Å². The predicted molar refractivity (Wildman–Crippen MR) is 165 cm³/mol. The Bertz CT molecular complexity index is 1270. The second-order valence-corrected chi connectivity index (χ2v) is 10.5. The monoisotopic (exact) mass is 538 g/mol. The normalized spacial score (nSPS) is 12.2. The first-order chi connectivity index (χ1) is 19.1. The zero-order valence-electron chi connectivity index (χ0n) is 23.3. The number of aliphatic imine (C=N–C) groups is 1. The fourth-order valence-corrected chi connectivity index (χ4v) is 5.30. The van der Waals surface area contributed by atoms with Gasteiger partial charge in [0.2, 0.25) is 0 Å². The number of amidine groups is 1. The number of methoxy groups -OCH3 is 2. The molecule has 0 saturated carbocycles. The first-order valence-electron chi connectivity index (χ1n) is 13.4. The topological polar surface area (TPSA) is 34.1 Å². The van der Waals surface area contributed by atoms with Gasteiger partial charge in [0.25, 0.3) is 0 Å². The van der Waals surface area contributed by atoms with E-state index in [1.165, 1.54) is 22.3 Å². The van der Waals surface area contributed by atoms with Gasteiger partial charge in [0, 0.05) is 18.8 Å². The van der Waals surface area contributed by atoms with Crippen molar-refractivity contribution < 1.29 is 9.47 Å². The first kappa shape index (κ1) is 28.3. The molecule has 0 aromatic heterocycles. The van der Waals surface area contributed by atoms with Crippen molar-refractivity contribution in [3.05, 3.63) is 125 Å². The molecule has 4 nitrogen and oxygen atoms in total. The Labute approximate surface area is 237 Å². The molecule has 0 bridgehead atoms. The van der Waals surface area contributed by atoms with Crippen LogP contribution in [0.1, 0.15) is 48.4 Å². The smallest absolute Gasteiger partial charge is 0.165 e. The molecule has 4 aromatic carbocycles. The Balaban J connectivity index is 1.74. The van der Waals surface area contributed by atoms with Crippen molar-refractivity contribution in [2.24, 2.45) is 4.99 Å². The Kier molecular flexibility index (Phi) is 10.5. The van der Waals surface area contributed by atoms with Gasteiger partial charge in [-0.05, 0) is 64.9 Å². The minimum absolute atomic E-state index is 0.432. The predicted octanol–water partition coefficient (Wildman–Crippen LogP) is 8.84. The van der Waals surface area contributed by atoms with Crippen molar-refractivity contribution in [3.63, 3.8) is 0 Å². The molecule has 1 unspecified atom stereocenters. The minimum atomic E-state index is 0.432. The summed E-state index contributed by atoms with van der Waals surface area (Å²) in [6, 6.07) is 35.8. The van der Waals surface area contributed by atoms with Crippen LogP contribution in [0.25, 0.3) is 0 Å². The van der Waals surface area contributed by atoms with E-state index in [4.69, 9.17) is 14.5 Å². The lowest BCUT2D eigenvalue weighted by Gasteiger charge is -2.27. The van der Waals surface area contributed by atoms with Crippen molar-refractivity contribution in [1.29, 1.82) is 0 Å². The van der Waals surface area contributed by atoms with Crippen LogP contribution in [0, 0.1) is 0 Å². The maximum absolute atomic E-state index is 5.40. The Morgan fingerprint density at radius 1 is 0.718 bits per heavy atom. The van der Waals surface area contributed by atoms with Crippen molar-refractivity contribution in [2.45, 2.75) is 45.0 Å². The van der Waals surface area contributed by atoms with E-state index in [9.17, 15) is 0 Å². The fraction of sp³-hybridized carbons (Fsp3) is 0.265. The molecule has 0 heterocycles. The van der Waals surface area contributed by atoms with Crippen molar-refractivity contribution in [3.8, 4) is 11.5 Å². The summed E-state index contributed by atoms with van der Waals surface area (Å²) in [6.45, 7) is 5.96. The largest absolute Gasteiger partial charge is 0.497 e. The zero-order chi connectivity index (χ0) is 27.5. The summed E-state index contributed by atoms with van der Waals surface area (Å²) < 4.78 is 10.8. The molecule has 5 heteroatoms. The number of hydrogen-bond acceptors (Lipinski definition) is 4. The molecule has 0 fully saturated rings. The molecule has 0 spiro atoms. The number of para-hydroxylation sites is 1. The lowest BCUT2D eigenvalue weighted by atomic mass is 9.97. The summed E-state index contributed by atoms with van der Waals surface area (Å²) >= 11 is 1.79. The quantitative estimate of drug-likeness (QED) is 0.141. The highest BCUT2D eigenvalue weighted by molar-refractivity contribution is 8.13. The number of hydrogen-bond donors (Lipinski definition) is 0. The van der Waals surface area contributed by atoms with Crippen molar-refractivity contribution >= 4 is 22.6 Å². The number of ether oxygens (including phenoxy) is 2. The molecule has 0 N–H and O–H groups in total. The Morgan fingerprint density at radius 2 is 1.26 bits per heavy atom. The Morgan fingerprint density at radius 3 is 1.79 bits per heavy atom.